The fraction of sp³-hybridized carbons (Fsp3) is 0.182. The minimum Gasteiger partial charge on any atom is -0.378 e. The maximum atomic E-state index is 13.0. The summed E-state index contributed by atoms with van der Waals surface area (Å²) in [5, 5.41) is 43.5. The van der Waals surface area contributed by atoms with Gasteiger partial charge in [0.2, 0.25) is 0 Å². The van der Waals surface area contributed by atoms with Crippen molar-refractivity contribution in [3.8, 4) is 11.1 Å². The van der Waals surface area contributed by atoms with Crippen molar-refractivity contribution in [1.29, 1.82) is 10.8 Å². The van der Waals surface area contributed by atoms with Crippen molar-refractivity contribution >= 4 is 100 Å². The van der Waals surface area contributed by atoms with Crippen LogP contribution in [0.3, 0.4) is 0 Å². The van der Waals surface area contributed by atoms with E-state index in [4.69, 9.17) is 10.8 Å². The Morgan fingerprint density at radius 2 is 0.689 bits per heavy atom. The average Bonchev–Trinajstić information content (AvgIpc) is 1.66. The molecule has 2 aliphatic heterocycles. The van der Waals surface area contributed by atoms with Crippen LogP contribution in [0.1, 0.15) is 36.1 Å². The molecule has 2 amide bonds. The summed E-state index contributed by atoms with van der Waals surface area (Å²) in [6, 6.07) is 54.1. The molecule has 2 unspecified atom stereocenters. The molecule has 90 heavy (non-hydrogen) atoms. The van der Waals surface area contributed by atoms with Crippen molar-refractivity contribution in [2.24, 2.45) is 30.7 Å². The lowest BCUT2D eigenvalue weighted by atomic mass is 10.0. The van der Waals surface area contributed by atoms with Gasteiger partial charge >= 0.3 is 0 Å². The van der Waals surface area contributed by atoms with Crippen molar-refractivity contribution < 1.29 is 35.5 Å². The molecule has 0 saturated heterocycles. The number of amides is 2. The second kappa shape index (κ2) is 28.2. The van der Waals surface area contributed by atoms with Gasteiger partial charge in [0.15, 0.2) is 12.1 Å². The number of anilines is 6. The van der Waals surface area contributed by atoms with Crippen molar-refractivity contribution in [1.82, 2.24) is 0 Å². The Morgan fingerprint density at radius 3 is 0.933 bits per heavy atom. The van der Waals surface area contributed by atoms with E-state index in [1.165, 1.54) is 22.2 Å². The van der Waals surface area contributed by atoms with Crippen LogP contribution in [0.2, 0.25) is 0 Å². The van der Waals surface area contributed by atoms with Crippen LogP contribution in [-0.2, 0) is 29.8 Å². The third-order valence-corrected chi connectivity index (χ3v) is 16.0. The van der Waals surface area contributed by atoms with Gasteiger partial charge in [-0.2, -0.15) is 57.5 Å². The number of hydrogen-bond donors (Lipinski definition) is 4. The number of hydrogen-bond acceptors (Lipinski definition) is 18. The molecule has 0 bridgehead atoms. The standard InChI is InChI=1S/C32H26N8O8S2.2C17H21N3/c1-19-29(31(41)39(37-19)23-9-5-3-6-10-23)35-33-21-13-15-25(27(17-21)49(43,44)45)26-16-14-22(18-28(26)50(46,47)48)34-36-30-20(2)38-40(32(30)42)24-11-7-4-8-12-24;2*1-19(2)15-9-5-13(6-10-15)17(18)14-7-11-16(12-8-14)20(3)4/h3-18,29-30H,1-2H3,(H,43,44,45)(H,46,47,48);2*5-12,18H,1-4H3. The minimum absolute atomic E-state index is 0.0956. The number of nitrogens with one attached hydrogen (secondary N) is 2. The van der Waals surface area contributed by atoms with Gasteiger partial charge in [-0.25, -0.2) is 0 Å². The molecule has 0 aromatic heterocycles. The molecule has 2 heterocycles. The first-order chi connectivity index (χ1) is 42.7. The zero-order chi connectivity index (χ0) is 65.2. The van der Waals surface area contributed by atoms with Crippen LogP contribution in [0.25, 0.3) is 11.1 Å². The Labute approximate surface area is 524 Å². The quantitative estimate of drug-likeness (QED) is 0.0376. The molecule has 0 saturated carbocycles. The van der Waals surface area contributed by atoms with Crippen LogP contribution in [0.5, 0.6) is 0 Å². The van der Waals surface area contributed by atoms with E-state index < -0.39 is 53.9 Å². The van der Waals surface area contributed by atoms with Gasteiger partial charge in [0, 0.05) is 113 Å². The number of nitrogens with zero attached hydrogens (tertiary/aromatic N) is 12. The molecular weight excluding hydrogens is 1180 g/mol. The summed E-state index contributed by atoms with van der Waals surface area (Å²) in [5.41, 5.74) is 10.3. The Morgan fingerprint density at radius 1 is 0.422 bits per heavy atom. The third kappa shape index (κ3) is 15.8. The second-order valence-corrected chi connectivity index (χ2v) is 24.3. The molecule has 24 heteroatoms. The molecule has 2 atom stereocenters. The van der Waals surface area contributed by atoms with Crippen LogP contribution in [0.4, 0.5) is 45.5 Å². The van der Waals surface area contributed by atoms with E-state index >= 15 is 0 Å². The number of para-hydroxylation sites is 2. The molecule has 4 N–H and O–H groups in total. The second-order valence-electron chi connectivity index (χ2n) is 21.5. The molecule has 0 radical (unpaired) electrons. The highest BCUT2D eigenvalue weighted by Gasteiger charge is 2.36. The summed E-state index contributed by atoms with van der Waals surface area (Å²) in [7, 11) is 6.08. The van der Waals surface area contributed by atoms with E-state index in [0.29, 0.717) is 34.2 Å². The zero-order valence-electron chi connectivity index (χ0n) is 51.2. The predicted molar refractivity (Wildman–Crippen MR) is 357 cm³/mol. The third-order valence-electron chi connectivity index (χ3n) is 14.2. The van der Waals surface area contributed by atoms with E-state index in [1.54, 1.807) is 74.5 Å². The number of carbonyl (C=O) groups excluding carboxylic acids is 2. The van der Waals surface area contributed by atoms with Crippen LogP contribution in [0.15, 0.2) is 235 Å². The molecule has 8 aromatic rings. The molecule has 0 fully saturated rings. The van der Waals surface area contributed by atoms with Gasteiger partial charge in [0.1, 0.15) is 9.79 Å². The Balaban J connectivity index is 0.000000213. The highest BCUT2D eigenvalue weighted by atomic mass is 32.2. The van der Waals surface area contributed by atoms with E-state index in [2.05, 4.69) is 50.3 Å². The Hall–Kier alpha value is -10.4. The Bertz CT molecular complexity index is 3910. The monoisotopic (exact) mass is 1250 g/mol. The van der Waals surface area contributed by atoms with Gasteiger partial charge in [-0.15, -0.1) is 0 Å². The van der Waals surface area contributed by atoms with Crippen LogP contribution >= 0.6 is 0 Å². The summed E-state index contributed by atoms with van der Waals surface area (Å²) in [6.07, 6.45) is 0. The lowest BCUT2D eigenvalue weighted by Crippen LogP contribution is -2.29. The van der Waals surface area contributed by atoms with Gasteiger partial charge < -0.3 is 19.6 Å². The normalized spacial score (nSPS) is 14.8. The molecule has 2 aliphatic rings. The lowest BCUT2D eigenvalue weighted by molar-refractivity contribution is -0.118. The SMILES string of the molecule is CC1=NN(c2ccccc2)C(=O)C1N=Nc1ccc(-c2ccc(N=NC3C(=O)N(c4ccccc4)N=C3C)cc2S(=O)(=O)O)c(S(=O)(=O)O)c1.CN(C)c1ccc(C(=N)c2ccc(N(C)C)cc2)cc1.CN(C)c1ccc(C(=N)c2ccc(N(C)C)cc2)cc1. The maximum Gasteiger partial charge on any atom is 0.295 e. The largest absolute Gasteiger partial charge is 0.378 e. The molecule has 22 nitrogen and oxygen atoms in total. The van der Waals surface area contributed by atoms with Crippen LogP contribution in [0, 0.1) is 10.8 Å². The summed E-state index contributed by atoms with van der Waals surface area (Å²) in [5.74, 6) is -0.986. The van der Waals surface area contributed by atoms with Gasteiger partial charge in [0.25, 0.3) is 32.1 Å². The summed E-state index contributed by atoms with van der Waals surface area (Å²) < 4.78 is 70.3. The zero-order valence-corrected chi connectivity index (χ0v) is 52.8. The van der Waals surface area contributed by atoms with E-state index in [0.717, 1.165) is 69.3 Å². The van der Waals surface area contributed by atoms with Crippen molar-refractivity contribution in [2.45, 2.75) is 35.7 Å². The molecule has 8 aromatic carbocycles. The van der Waals surface area contributed by atoms with E-state index in [1.807, 2.05) is 153 Å². The number of benzene rings is 8. The van der Waals surface area contributed by atoms with E-state index in [9.17, 15) is 35.5 Å². The average molecular weight is 1250 g/mol. The smallest absolute Gasteiger partial charge is 0.295 e. The Kier molecular flexibility index (Phi) is 20.5. The molecule has 0 spiro atoms. The lowest BCUT2D eigenvalue weighted by Gasteiger charge is -2.14. The van der Waals surface area contributed by atoms with Gasteiger partial charge in [-0.05, 0) is 111 Å². The number of hydrazone groups is 2. The first-order valence-electron chi connectivity index (χ1n) is 27.9. The number of azo groups is 2. The predicted octanol–water partition coefficient (Wildman–Crippen LogP) is 12.1. The fourth-order valence-electron chi connectivity index (χ4n) is 9.19. The van der Waals surface area contributed by atoms with Crippen molar-refractivity contribution in [3.05, 3.63) is 216 Å². The fourth-order valence-corrected chi connectivity index (χ4v) is 10.6. The molecule has 10 rings (SSSR count). The topological polar surface area (TPSA) is 284 Å². The summed E-state index contributed by atoms with van der Waals surface area (Å²) in [6.45, 7) is 3.16. The number of carbonyl (C=O) groups is 2. The molecular formula is C66H68N14O8S2. The van der Waals surface area contributed by atoms with Crippen LogP contribution < -0.4 is 29.6 Å². The highest BCUT2D eigenvalue weighted by molar-refractivity contribution is 7.86. The van der Waals surface area contributed by atoms with E-state index in [-0.39, 0.29) is 22.5 Å². The van der Waals surface area contributed by atoms with Crippen LogP contribution in [-0.4, -0.2) is 129 Å². The highest BCUT2D eigenvalue weighted by Crippen LogP contribution is 2.38. The van der Waals surface area contributed by atoms with Gasteiger partial charge in [-0.1, -0.05) is 97.1 Å². The van der Waals surface area contributed by atoms with Crippen molar-refractivity contribution in [3.63, 3.8) is 0 Å². The summed E-state index contributed by atoms with van der Waals surface area (Å²) in [4.78, 5) is 32.7. The van der Waals surface area contributed by atoms with Gasteiger partial charge in [-0.3, -0.25) is 29.5 Å². The van der Waals surface area contributed by atoms with Crippen molar-refractivity contribution in [2.75, 3.05) is 86.0 Å². The minimum atomic E-state index is -5.02. The first-order valence-corrected chi connectivity index (χ1v) is 30.8. The van der Waals surface area contributed by atoms with Gasteiger partial charge in [0.05, 0.1) is 45.6 Å². The maximum absolute atomic E-state index is 13.0. The number of rotatable bonds is 17. The summed E-state index contributed by atoms with van der Waals surface area (Å²) >= 11 is 0. The molecule has 0 aliphatic carbocycles. The first kappa shape index (κ1) is 65.6. The molecule has 462 valence electrons.